The molecule has 0 saturated heterocycles. The van der Waals surface area contributed by atoms with E-state index in [1.54, 1.807) is 13.2 Å². The van der Waals surface area contributed by atoms with Crippen LogP contribution in [0.25, 0.3) is 0 Å². The van der Waals surface area contributed by atoms with Crippen LogP contribution >= 0.6 is 11.6 Å². The Balaban J connectivity index is 1.76. The Morgan fingerprint density at radius 1 is 1.36 bits per heavy atom. The molecule has 1 N–H and O–H groups in total. The monoisotopic (exact) mass is 319 g/mol. The zero-order valence-electron chi connectivity index (χ0n) is 13.0. The van der Waals surface area contributed by atoms with E-state index in [1.165, 1.54) is 5.56 Å². The van der Waals surface area contributed by atoms with E-state index >= 15 is 0 Å². The van der Waals surface area contributed by atoms with Crippen LogP contribution in [0, 0.1) is 0 Å². The smallest absolute Gasteiger partial charge is 0.193 e. The minimum atomic E-state index is 0.757. The predicted octanol–water partition coefficient (Wildman–Crippen LogP) is 2.63. The van der Waals surface area contributed by atoms with Gasteiger partial charge in [-0.15, -0.1) is 0 Å². The van der Waals surface area contributed by atoms with Crippen molar-refractivity contribution in [3.8, 4) is 0 Å². The molecule has 0 unspecified atom stereocenters. The Labute approximate surface area is 136 Å². The van der Waals surface area contributed by atoms with Gasteiger partial charge in [-0.2, -0.15) is 5.10 Å². The number of aliphatic imine (C=N–C) groups is 1. The number of hydrogen-bond acceptors (Lipinski definition) is 2. The fourth-order valence-corrected chi connectivity index (χ4v) is 2.32. The van der Waals surface area contributed by atoms with E-state index in [9.17, 15) is 0 Å². The molecule has 5 nitrogen and oxygen atoms in total. The van der Waals surface area contributed by atoms with Crippen LogP contribution in [0.3, 0.4) is 0 Å². The number of guanidine groups is 1. The van der Waals surface area contributed by atoms with Crippen LogP contribution in [0.2, 0.25) is 5.02 Å². The lowest BCUT2D eigenvalue weighted by atomic mass is 10.2. The minimum absolute atomic E-state index is 0.757. The number of aryl methyl sites for hydroxylation is 1. The van der Waals surface area contributed by atoms with Crippen molar-refractivity contribution in [1.29, 1.82) is 0 Å². The molecule has 0 fully saturated rings. The Hall–Kier alpha value is -2.01. The summed E-state index contributed by atoms with van der Waals surface area (Å²) in [7, 11) is 3.83. The molecule has 1 heterocycles. The van der Waals surface area contributed by atoms with E-state index in [2.05, 4.69) is 20.3 Å². The van der Waals surface area contributed by atoms with Crippen LogP contribution in [-0.4, -0.2) is 41.3 Å². The van der Waals surface area contributed by atoms with Gasteiger partial charge in [0.25, 0.3) is 0 Å². The van der Waals surface area contributed by atoms with E-state index in [-0.39, 0.29) is 0 Å². The molecular weight excluding hydrogens is 298 g/mol. The fraction of sp³-hybridized carbons (Fsp3) is 0.375. The molecule has 2 aromatic rings. The Morgan fingerprint density at radius 3 is 2.77 bits per heavy atom. The lowest BCUT2D eigenvalue weighted by Crippen LogP contribution is -2.39. The molecule has 0 aliphatic carbocycles. The van der Waals surface area contributed by atoms with Gasteiger partial charge < -0.3 is 10.2 Å². The fourth-order valence-electron chi connectivity index (χ4n) is 2.20. The van der Waals surface area contributed by atoms with Crippen LogP contribution < -0.4 is 5.32 Å². The number of benzene rings is 1. The molecule has 22 heavy (non-hydrogen) atoms. The molecule has 1 aromatic heterocycles. The highest BCUT2D eigenvalue weighted by Crippen LogP contribution is 2.10. The molecule has 6 heteroatoms. The molecule has 1 aromatic carbocycles. The maximum absolute atomic E-state index is 5.91. The normalized spacial score (nSPS) is 11.5. The maximum atomic E-state index is 5.91. The first-order valence-electron chi connectivity index (χ1n) is 7.32. The predicted molar refractivity (Wildman–Crippen MR) is 91.1 cm³/mol. The Kier molecular flexibility index (Phi) is 6.27. The summed E-state index contributed by atoms with van der Waals surface area (Å²) in [6.45, 7) is 2.55. The Morgan fingerprint density at radius 2 is 2.14 bits per heavy atom. The third-order valence-electron chi connectivity index (χ3n) is 3.31. The standard InChI is InChI=1S/C16H22ClN5/c1-18-16(19-9-3-11-22-12-4-10-20-22)21(2)13-14-5-7-15(17)8-6-14/h4-8,10,12H,3,9,11,13H2,1-2H3,(H,18,19). The first-order chi connectivity index (χ1) is 10.7. The highest BCUT2D eigenvalue weighted by atomic mass is 35.5. The molecule has 118 valence electrons. The first kappa shape index (κ1) is 16.4. The zero-order valence-corrected chi connectivity index (χ0v) is 13.8. The van der Waals surface area contributed by atoms with Crippen molar-refractivity contribution >= 4 is 17.6 Å². The van der Waals surface area contributed by atoms with Gasteiger partial charge in [-0.25, -0.2) is 0 Å². The van der Waals surface area contributed by atoms with Gasteiger partial charge in [-0.05, 0) is 30.2 Å². The molecule has 0 saturated carbocycles. The van der Waals surface area contributed by atoms with Crippen molar-refractivity contribution < 1.29 is 0 Å². The van der Waals surface area contributed by atoms with Crippen LogP contribution in [0.15, 0.2) is 47.7 Å². The number of halogens is 1. The second-order valence-corrected chi connectivity index (χ2v) is 5.52. The lowest BCUT2D eigenvalue weighted by Gasteiger charge is -2.22. The quantitative estimate of drug-likeness (QED) is 0.506. The van der Waals surface area contributed by atoms with E-state index < -0.39 is 0 Å². The molecule has 2 rings (SSSR count). The molecule has 0 spiro atoms. The van der Waals surface area contributed by atoms with Crippen molar-refractivity contribution in [2.24, 2.45) is 4.99 Å². The summed E-state index contributed by atoms with van der Waals surface area (Å²) < 4.78 is 1.93. The second kappa shape index (κ2) is 8.44. The molecule has 0 atom stereocenters. The van der Waals surface area contributed by atoms with Gasteiger partial charge in [-0.3, -0.25) is 9.67 Å². The van der Waals surface area contributed by atoms with Gasteiger partial charge in [0.05, 0.1) is 0 Å². The van der Waals surface area contributed by atoms with Crippen LogP contribution in [0.5, 0.6) is 0 Å². The summed E-state index contributed by atoms with van der Waals surface area (Å²) in [5.74, 6) is 0.885. The van der Waals surface area contributed by atoms with Crippen molar-refractivity contribution in [2.75, 3.05) is 20.6 Å². The largest absolute Gasteiger partial charge is 0.356 e. The molecule has 0 radical (unpaired) electrons. The third kappa shape index (κ3) is 5.07. The van der Waals surface area contributed by atoms with E-state index in [0.29, 0.717) is 0 Å². The first-order valence-corrected chi connectivity index (χ1v) is 7.70. The van der Waals surface area contributed by atoms with Gasteiger partial charge in [0.15, 0.2) is 5.96 Å². The summed E-state index contributed by atoms with van der Waals surface area (Å²) >= 11 is 5.91. The van der Waals surface area contributed by atoms with E-state index in [1.807, 2.05) is 48.3 Å². The molecule has 0 aliphatic heterocycles. The topological polar surface area (TPSA) is 45.5 Å². The van der Waals surface area contributed by atoms with E-state index in [0.717, 1.165) is 37.0 Å². The highest BCUT2D eigenvalue weighted by Gasteiger charge is 2.06. The molecule has 0 amide bonds. The van der Waals surface area contributed by atoms with E-state index in [4.69, 9.17) is 11.6 Å². The van der Waals surface area contributed by atoms with Gasteiger partial charge in [0.1, 0.15) is 0 Å². The molecule has 0 bridgehead atoms. The number of rotatable bonds is 6. The highest BCUT2D eigenvalue weighted by molar-refractivity contribution is 6.30. The third-order valence-corrected chi connectivity index (χ3v) is 3.56. The lowest BCUT2D eigenvalue weighted by molar-refractivity contribution is 0.471. The van der Waals surface area contributed by atoms with Gasteiger partial charge in [0.2, 0.25) is 0 Å². The summed E-state index contributed by atoms with van der Waals surface area (Å²) in [5.41, 5.74) is 1.20. The van der Waals surface area contributed by atoms with Gasteiger partial charge in [-0.1, -0.05) is 23.7 Å². The Bertz CT molecular complexity index is 577. The number of nitrogens with zero attached hydrogens (tertiary/aromatic N) is 4. The number of aromatic nitrogens is 2. The van der Waals surface area contributed by atoms with Crippen LogP contribution in [-0.2, 0) is 13.1 Å². The molecule has 0 aliphatic rings. The summed E-state index contributed by atoms with van der Waals surface area (Å²) in [6.07, 6.45) is 4.77. The SMILES string of the molecule is CN=C(NCCCn1cccn1)N(C)Cc1ccc(Cl)cc1. The zero-order chi connectivity index (χ0) is 15.8. The molecular formula is C16H22ClN5. The van der Waals surface area contributed by atoms with Crippen LogP contribution in [0.1, 0.15) is 12.0 Å². The van der Waals surface area contributed by atoms with Crippen molar-refractivity contribution in [3.05, 3.63) is 53.3 Å². The average molecular weight is 320 g/mol. The maximum Gasteiger partial charge on any atom is 0.193 e. The van der Waals surface area contributed by atoms with Gasteiger partial charge in [0, 0.05) is 51.1 Å². The average Bonchev–Trinajstić information content (AvgIpc) is 3.03. The van der Waals surface area contributed by atoms with Crippen molar-refractivity contribution in [2.45, 2.75) is 19.5 Å². The number of nitrogens with one attached hydrogen (secondary N) is 1. The van der Waals surface area contributed by atoms with Gasteiger partial charge >= 0.3 is 0 Å². The van der Waals surface area contributed by atoms with Crippen molar-refractivity contribution in [3.63, 3.8) is 0 Å². The second-order valence-electron chi connectivity index (χ2n) is 5.08. The summed E-state index contributed by atoms with van der Waals surface area (Å²) in [4.78, 5) is 6.41. The minimum Gasteiger partial charge on any atom is -0.356 e. The van der Waals surface area contributed by atoms with Crippen molar-refractivity contribution in [1.82, 2.24) is 20.0 Å². The number of hydrogen-bond donors (Lipinski definition) is 1. The summed E-state index contributed by atoms with van der Waals surface area (Å²) in [6, 6.07) is 9.82. The van der Waals surface area contributed by atoms with Crippen LogP contribution in [0.4, 0.5) is 0 Å². The summed E-state index contributed by atoms with van der Waals surface area (Å²) in [5, 5.41) is 8.32.